The Hall–Kier alpha value is -2.70. The van der Waals surface area contributed by atoms with E-state index in [0.717, 1.165) is 24.3 Å². The first-order chi connectivity index (χ1) is 11.3. The van der Waals surface area contributed by atoms with Gasteiger partial charge in [-0.05, 0) is 29.8 Å². The molecule has 124 valence electrons. The number of benzene rings is 2. The van der Waals surface area contributed by atoms with E-state index in [4.69, 9.17) is 0 Å². The third kappa shape index (κ3) is 2.66. The first kappa shape index (κ1) is 16.2. The zero-order chi connectivity index (χ0) is 17.5. The van der Waals surface area contributed by atoms with Crippen LogP contribution in [0.2, 0.25) is 0 Å². The molecular formula is C17H11F4NO2. The van der Waals surface area contributed by atoms with Crippen molar-refractivity contribution in [1.82, 2.24) is 4.90 Å². The van der Waals surface area contributed by atoms with Gasteiger partial charge in [0.1, 0.15) is 5.82 Å². The SMILES string of the molecule is O=C1c2ccccc2C(=O)N1CC(F)(F)[C@H](F)c1ccc(F)cc1. The Kier molecular flexibility index (Phi) is 3.87. The number of nitrogens with zero attached hydrogens (tertiary/aromatic N) is 1. The standard InChI is InChI=1S/C17H11F4NO2/c18-11-7-5-10(6-8-11)14(19)17(20,21)9-22-15(23)12-3-1-2-4-13(12)16(22)24/h1-8,14H,9H2/t14-/m1/s1. The molecule has 0 saturated carbocycles. The van der Waals surface area contributed by atoms with Crippen molar-refractivity contribution >= 4 is 11.8 Å². The van der Waals surface area contributed by atoms with Crippen molar-refractivity contribution in [3.63, 3.8) is 0 Å². The maximum absolute atomic E-state index is 14.2. The Labute approximate surface area is 134 Å². The van der Waals surface area contributed by atoms with Gasteiger partial charge in [0.25, 0.3) is 11.8 Å². The molecule has 0 spiro atoms. The average Bonchev–Trinajstić information content (AvgIpc) is 2.80. The second-order valence-corrected chi connectivity index (χ2v) is 5.42. The van der Waals surface area contributed by atoms with Crippen LogP contribution in [0.5, 0.6) is 0 Å². The lowest BCUT2D eigenvalue weighted by Gasteiger charge is -2.25. The lowest BCUT2D eigenvalue weighted by atomic mass is 10.0. The van der Waals surface area contributed by atoms with Crippen LogP contribution in [0, 0.1) is 5.82 Å². The van der Waals surface area contributed by atoms with Gasteiger partial charge in [0.05, 0.1) is 17.7 Å². The third-order valence-electron chi connectivity index (χ3n) is 3.78. The molecular weight excluding hydrogens is 326 g/mol. The molecule has 7 heteroatoms. The predicted molar refractivity (Wildman–Crippen MR) is 77.0 cm³/mol. The summed E-state index contributed by atoms with van der Waals surface area (Å²) in [5.41, 5.74) is -0.413. The second-order valence-electron chi connectivity index (χ2n) is 5.42. The van der Waals surface area contributed by atoms with Gasteiger partial charge in [-0.25, -0.2) is 17.6 Å². The van der Waals surface area contributed by atoms with Crippen molar-refractivity contribution in [3.05, 3.63) is 71.0 Å². The zero-order valence-corrected chi connectivity index (χ0v) is 12.2. The highest BCUT2D eigenvalue weighted by Gasteiger charge is 2.47. The predicted octanol–water partition coefficient (Wildman–Crippen LogP) is 3.77. The van der Waals surface area contributed by atoms with E-state index in [1.165, 1.54) is 24.3 Å². The quantitative estimate of drug-likeness (QED) is 0.629. The smallest absolute Gasteiger partial charge is 0.269 e. The molecule has 0 aromatic heterocycles. The van der Waals surface area contributed by atoms with Crippen LogP contribution in [0.3, 0.4) is 0 Å². The molecule has 0 saturated heterocycles. The van der Waals surface area contributed by atoms with E-state index < -0.39 is 41.8 Å². The lowest BCUT2D eigenvalue weighted by Crippen LogP contribution is -2.42. The van der Waals surface area contributed by atoms with Crippen LogP contribution in [0.4, 0.5) is 17.6 Å². The molecule has 0 bridgehead atoms. The largest absolute Gasteiger partial charge is 0.300 e. The van der Waals surface area contributed by atoms with E-state index in [0.29, 0.717) is 4.90 Å². The van der Waals surface area contributed by atoms with Crippen LogP contribution in [0.15, 0.2) is 48.5 Å². The van der Waals surface area contributed by atoms with Crippen LogP contribution in [0.1, 0.15) is 32.5 Å². The number of rotatable bonds is 4. The van der Waals surface area contributed by atoms with Crippen molar-refractivity contribution in [2.45, 2.75) is 12.1 Å². The Bertz CT molecular complexity index is 769. The minimum absolute atomic E-state index is 0.00971. The molecule has 1 atom stereocenters. The number of carbonyl (C=O) groups excluding carboxylic acids is 2. The highest BCUT2D eigenvalue weighted by Crippen LogP contribution is 2.37. The van der Waals surface area contributed by atoms with Gasteiger partial charge in [-0.3, -0.25) is 14.5 Å². The molecule has 1 aliphatic heterocycles. The van der Waals surface area contributed by atoms with E-state index in [9.17, 15) is 27.2 Å². The maximum Gasteiger partial charge on any atom is 0.300 e. The summed E-state index contributed by atoms with van der Waals surface area (Å²) in [4.78, 5) is 24.5. The summed E-state index contributed by atoms with van der Waals surface area (Å²) in [5.74, 6) is -6.47. The molecule has 0 aliphatic carbocycles. The normalized spacial score (nSPS) is 15.6. The summed E-state index contributed by atoms with van der Waals surface area (Å²) in [6, 6.07) is 9.22. The summed E-state index contributed by atoms with van der Waals surface area (Å²) < 4.78 is 55.4. The molecule has 0 fully saturated rings. The van der Waals surface area contributed by atoms with Gasteiger partial charge in [0, 0.05) is 0 Å². The van der Waals surface area contributed by atoms with Crippen molar-refractivity contribution < 1.29 is 27.2 Å². The van der Waals surface area contributed by atoms with Crippen molar-refractivity contribution in [2.24, 2.45) is 0 Å². The Morgan fingerprint density at radius 3 is 1.92 bits per heavy atom. The number of hydrogen-bond acceptors (Lipinski definition) is 2. The number of fused-ring (bicyclic) bond motifs is 1. The monoisotopic (exact) mass is 337 g/mol. The van der Waals surface area contributed by atoms with E-state index >= 15 is 0 Å². The number of hydrogen-bond donors (Lipinski definition) is 0. The molecule has 2 aromatic carbocycles. The van der Waals surface area contributed by atoms with Crippen LogP contribution >= 0.6 is 0 Å². The van der Waals surface area contributed by atoms with Crippen LogP contribution in [-0.2, 0) is 0 Å². The summed E-state index contributed by atoms with van der Waals surface area (Å²) in [6.07, 6.45) is -2.78. The fourth-order valence-corrected chi connectivity index (χ4v) is 2.55. The summed E-state index contributed by atoms with van der Waals surface area (Å²) in [7, 11) is 0. The fourth-order valence-electron chi connectivity index (χ4n) is 2.55. The summed E-state index contributed by atoms with van der Waals surface area (Å²) in [6.45, 7) is -1.39. The summed E-state index contributed by atoms with van der Waals surface area (Å²) in [5, 5.41) is 0. The average molecular weight is 337 g/mol. The van der Waals surface area contributed by atoms with Crippen LogP contribution in [-0.4, -0.2) is 29.2 Å². The third-order valence-corrected chi connectivity index (χ3v) is 3.78. The number of alkyl halides is 3. The highest BCUT2D eigenvalue weighted by atomic mass is 19.3. The molecule has 0 N–H and O–H groups in total. The zero-order valence-electron chi connectivity index (χ0n) is 12.2. The van der Waals surface area contributed by atoms with Gasteiger partial charge >= 0.3 is 5.92 Å². The van der Waals surface area contributed by atoms with Gasteiger partial charge in [0.2, 0.25) is 0 Å². The van der Waals surface area contributed by atoms with E-state index in [2.05, 4.69) is 0 Å². The highest BCUT2D eigenvalue weighted by molar-refractivity contribution is 6.21. The molecule has 1 heterocycles. The molecule has 1 aliphatic rings. The molecule has 0 unspecified atom stereocenters. The minimum Gasteiger partial charge on any atom is -0.269 e. The molecule has 3 rings (SSSR count). The number of carbonyl (C=O) groups is 2. The van der Waals surface area contributed by atoms with E-state index in [-0.39, 0.29) is 11.1 Å². The Morgan fingerprint density at radius 1 is 0.917 bits per heavy atom. The van der Waals surface area contributed by atoms with Crippen molar-refractivity contribution in [2.75, 3.05) is 6.54 Å². The van der Waals surface area contributed by atoms with Crippen LogP contribution in [0.25, 0.3) is 0 Å². The lowest BCUT2D eigenvalue weighted by molar-refractivity contribution is -0.0850. The fraction of sp³-hybridized carbons (Fsp3) is 0.176. The number of amides is 2. The Balaban J connectivity index is 1.83. The van der Waals surface area contributed by atoms with Crippen LogP contribution < -0.4 is 0 Å². The van der Waals surface area contributed by atoms with Gasteiger partial charge in [-0.15, -0.1) is 0 Å². The molecule has 2 amide bonds. The van der Waals surface area contributed by atoms with Gasteiger partial charge in [-0.1, -0.05) is 24.3 Å². The number of imide groups is 1. The van der Waals surface area contributed by atoms with Crippen molar-refractivity contribution in [1.29, 1.82) is 0 Å². The molecule has 24 heavy (non-hydrogen) atoms. The first-order valence-corrected chi connectivity index (χ1v) is 7.04. The Morgan fingerprint density at radius 2 is 1.42 bits per heavy atom. The molecule has 0 radical (unpaired) electrons. The van der Waals surface area contributed by atoms with E-state index in [1.807, 2.05) is 0 Å². The summed E-state index contributed by atoms with van der Waals surface area (Å²) >= 11 is 0. The number of halogens is 4. The molecule has 2 aromatic rings. The van der Waals surface area contributed by atoms with E-state index in [1.54, 1.807) is 0 Å². The van der Waals surface area contributed by atoms with Crippen molar-refractivity contribution in [3.8, 4) is 0 Å². The second kappa shape index (κ2) is 5.74. The molecule has 3 nitrogen and oxygen atoms in total. The first-order valence-electron chi connectivity index (χ1n) is 7.04. The van der Waals surface area contributed by atoms with Gasteiger partial charge in [0.15, 0.2) is 6.17 Å². The minimum atomic E-state index is -4.01. The van der Waals surface area contributed by atoms with Gasteiger partial charge < -0.3 is 0 Å². The van der Waals surface area contributed by atoms with Gasteiger partial charge in [-0.2, -0.15) is 0 Å². The maximum atomic E-state index is 14.2. The topological polar surface area (TPSA) is 37.4 Å².